The lowest BCUT2D eigenvalue weighted by Gasteiger charge is -2.09. The largest absolute Gasteiger partial charge is 0.387 e. The normalized spacial score (nSPS) is 8.82. The minimum Gasteiger partial charge on any atom is -0.377 e. The Labute approximate surface area is 65.9 Å². The molecule has 1 aromatic carbocycles. The highest BCUT2D eigenvalue weighted by molar-refractivity contribution is 5.57. The number of hydrogen-bond acceptors (Lipinski definition) is 2. The maximum atomic E-state index is 8.45. The van der Waals surface area contributed by atoms with Crippen molar-refractivity contribution < 1.29 is 0 Å². The molecule has 0 aliphatic rings. The van der Waals surface area contributed by atoms with E-state index in [2.05, 4.69) is 4.98 Å². The minimum absolute atomic E-state index is 0.580. The van der Waals surface area contributed by atoms with Gasteiger partial charge in [-0.1, -0.05) is 6.07 Å². The van der Waals surface area contributed by atoms with Gasteiger partial charge in [-0.15, -0.1) is 0 Å². The smallest absolute Gasteiger partial charge is 0.377 e. The van der Waals surface area contributed by atoms with Crippen LogP contribution in [0.5, 0.6) is 0 Å². The molecule has 0 heterocycles. The fraction of sp³-hybridized carbons (Fsp3) is 0.250. The first-order valence-corrected chi connectivity index (χ1v) is 3.36. The number of benzene rings is 1. The van der Waals surface area contributed by atoms with Crippen LogP contribution in [-0.2, 0) is 0 Å². The second kappa shape index (κ2) is 3.02. The van der Waals surface area contributed by atoms with Crippen LogP contribution in [0.15, 0.2) is 24.3 Å². The average molecular weight is 148 g/mol. The van der Waals surface area contributed by atoms with Gasteiger partial charge >= 0.3 is 5.69 Å². The van der Waals surface area contributed by atoms with Crippen LogP contribution >= 0.6 is 0 Å². The molecule has 0 bridgehead atoms. The van der Waals surface area contributed by atoms with Crippen LogP contribution in [0.4, 0.5) is 11.4 Å². The second-order valence-corrected chi connectivity index (χ2v) is 2.51. The third-order valence-electron chi connectivity index (χ3n) is 1.46. The van der Waals surface area contributed by atoms with Gasteiger partial charge in [-0.2, -0.15) is 0 Å². The number of diazo groups is 1. The third kappa shape index (κ3) is 1.68. The molecule has 0 unspecified atom stereocenters. The van der Waals surface area contributed by atoms with Gasteiger partial charge in [0.15, 0.2) is 4.98 Å². The Kier molecular flexibility index (Phi) is 2.07. The molecule has 0 atom stereocenters. The molecular weight excluding hydrogens is 138 g/mol. The molecule has 0 aliphatic carbocycles. The highest BCUT2D eigenvalue weighted by Crippen LogP contribution is 2.18. The molecule has 0 aliphatic heterocycles. The summed E-state index contributed by atoms with van der Waals surface area (Å²) < 4.78 is 0. The van der Waals surface area contributed by atoms with E-state index < -0.39 is 0 Å². The Bertz CT molecular complexity index is 286. The molecule has 1 rings (SSSR count). The van der Waals surface area contributed by atoms with Gasteiger partial charge in [0, 0.05) is 25.8 Å². The van der Waals surface area contributed by atoms with E-state index in [-0.39, 0.29) is 0 Å². The third-order valence-corrected chi connectivity index (χ3v) is 1.46. The molecule has 0 amide bonds. The first-order chi connectivity index (χ1) is 5.24. The lowest BCUT2D eigenvalue weighted by Crippen LogP contribution is -2.07. The summed E-state index contributed by atoms with van der Waals surface area (Å²) in [6.45, 7) is 0. The number of anilines is 1. The molecule has 0 saturated heterocycles. The summed E-state index contributed by atoms with van der Waals surface area (Å²) in [7, 11) is 3.88. The van der Waals surface area contributed by atoms with Crippen LogP contribution in [-0.4, -0.2) is 14.1 Å². The van der Waals surface area contributed by atoms with Crippen molar-refractivity contribution in [2.45, 2.75) is 0 Å². The molecule has 3 heteroatoms. The van der Waals surface area contributed by atoms with Crippen molar-refractivity contribution in [2.24, 2.45) is 0 Å². The Morgan fingerprint density at radius 3 is 2.64 bits per heavy atom. The van der Waals surface area contributed by atoms with E-state index in [4.69, 9.17) is 5.39 Å². The Morgan fingerprint density at radius 1 is 1.36 bits per heavy atom. The van der Waals surface area contributed by atoms with Crippen LogP contribution < -0.4 is 4.90 Å². The standard InChI is InChI=1S/C8H10N3/c1-11(2)8-5-3-4-7(6-8)10-9/h3-6H,1-2H3/q+1. The molecule has 0 N–H and O–H groups in total. The molecule has 0 saturated carbocycles. The van der Waals surface area contributed by atoms with Gasteiger partial charge in [0.1, 0.15) is 0 Å². The van der Waals surface area contributed by atoms with Crippen LogP contribution in [0.2, 0.25) is 0 Å². The van der Waals surface area contributed by atoms with Gasteiger partial charge in [-0.3, -0.25) is 0 Å². The average Bonchev–Trinajstić information content (AvgIpc) is 2.05. The van der Waals surface area contributed by atoms with E-state index in [1.165, 1.54) is 0 Å². The summed E-state index contributed by atoms with van der Waals surface area (Å²) in [5.74, 6) is 0. The topological polar surface area (TPSA) is 31.4 Å². The minimum atomic E-state index is 0.580. The highest BCUT2D eigenvalue weighted by Gasteiger charge is 2.04. The van der Waals surface area contributed by atoms with Gasteiger partial charge in [0.05, 0.1) is 6.07 Å². The maximum Gasteiger partial charge on any atom is 0.387 e. The molecule has 0 radical (unpaired) electrons. The van der Waals surface area contributed by atoms with E-state index in [1.54, 1.807) is 12.1 Å². The van der Waals surface area contributed by atoms with Gasteiger partial charge in [-0.05, 0) is 6.07 Å². The van der Waals surface area contributed by atoms with Crippen LogP contribution in [0.3, 0.4) is 0 Å². The quantitative estimate of drug-likeness (QED) is 0.572. The van der Waals surface area contributed by atoms with Crippen molar-refractivity contribution in [1.82, 2.24) is 0 Å². The fourth-order valence-electron chi connectivity index (χ4n) is 0.833. The van der Waals surface area contributed by atoms with Gasteiger partial charge in [-0.25, -0.2) is 0 Å². The summed E-state index contributed by atoms with van der Waals surface area (Å²) in [6, 6.07) is 7.35. The van der Waals surface area contributed by atoms with E-state index in [0.29, 0.717) is 5.69 Å². The maximum absolute atomic E-state index is 8.45. The first-order valence-electron chi connectivity index (χ1n) is 3.36. The van der Waals surface area contributed by atoms with Crippen molar-refractivity contribution >= 4 is 11.4 Å². The molecule has 1 aromatic rings. The van der Waals surface area contributed by atoms with E-state index in [0.717, 1.165) is 5.69 Å². The van der Waals surface area contributed by atoms with E-state index in [1.807, 2.05) is 31.1 Å². The Hall–Kier alpha value is -1.56. The SMILES string of the molecule is CN(C)c1cccc([N+]#N)c1. The van der Waals surface area contributed by atoms with Crippen molar-refractivity contribution in [3.8, 4) is 0 Å². The second-order valence-electron chi connectivity index (χ2n) is 2.51. The van der Waals surface area contributed by atoms with Crippen molar-refractivity contribution in [3.63, 3.8) is 0 Å². The lowest BCUT2D eigenvalue weighted by molar-refractivity contribution is 1.13. The van der Waals surface area contributed by atoms with Crippen LogP contribution in [0, 0.1) is 5.39 Å². The number of hydrogen-bond donors (Lipinski definition) is 0. The zero-order valence-electron chi connectivity index (χ0n) is 6.65. The number of rotatable bonds is 1. The zero-order chi connectivity index (χ0) is 8.27. The predicted molar refractivity (Wildman–Crippen MR) is 45.5 cm³/mol. The molecule has 56 valence electrons. The summed E-state index contributed by atoms with van der Waals surface area (Å²) in [6.07, 6.45) is 0. The lowest BCUT2D eigenvalue weighted by atomic mass is 10.3. The number of nitrogens with zero attached hydrogens (tertiary/aromatic N) is 3. The Balaban J connectivity index is 3.03. The zero-order valence-corrected chi connectivity index (χ0v) is 6.65. The summed E-state index contributed by atoms with van der Waals surface area (Å²) in [5.41, 5.74) is 1.61. The van der Waals surface area contributed by atoms with Crippen LogP contribution in [0.25, 0.3) is 4.98 Å². The summed E-state index contributed by atoms with van der Waals surface area (Å²) in [5, 5.41) is 8.45. The van der Waals surface area contributed by atoms with Gasteiger partial charge in [0.25, 0.3) is 0 Å². The van der Waals surface area contributed by atoms with Gasteiger partial charge < -0.3 is 4.90 Å². The van der Waals surface area contributed by atoms with Crippen LogP contribution in [0.1, 0.15) is 0 Å². The van der Waals surface area contributed by atoms with Crippen molar-refractivity contribution in [3.05, 3.63) is 29.2 Å². The molecule has 3 nitrogen and oxygen atoms in total. The monoisotopic (exact) mass is 148 g/mol. The van der Waals surface area contributed by atoms with Gasteiger partial charge in [0.2, 0.25) is 5.39 Å². The predicted octanol–water partition coefficient (Wildman–Crippen LogP) is 2.24. The first kappa shape index (κ1) is 7.55. The van der Waals surface area contributed by atoms with Crippen molar-refractivity contribution in [2.75, 3.05) is 19.0 Å². The van der Waals surface area contributed by atoms with Crippen molar-refractivity contribution in [1.29, 1.82) is 5.39 Å². The molecule has 0 spiro atoms. The molecular formula is C8H10N3+. The summed E-state index contributed by atoms with van der Waals surface area (Å²) >= 11 is 0. The fourth-order valence-corrected chi connectivity index (χ4v) is 0.833. The molecule has 11 heavy (non-hydrogen) atoms. The summed E-state index contributed by atoms with van der Waals surface area (Å²) in [4.78, 5) is 5.04. The van der Waals surface area contributed by atoms with E-state index >= 15 is 0 Å². The molecule has 0 aromatic heterocycles. The highest BCUT2D eigenvalue weighted by atomic mass is 15.1. The molecule has 0 fully saturated rings. The van der Waals surface area contributed by atoms with E-state index in [9.17, 15) is 0 Å². The Morgan fingerprint density at radius 2 is 2.09 bits per heavy atom.